The first-order valence-corrected chi connectivity index (χ1v) is 7.43. The van der Waals surface area contributed by atoms with Crippen LogP contribution in [0.4, 0.5) is 0 Å². The van der Waals surface area contributed by atoms with Crippen LogP contribution in [0.25, 0.3) is 0 Å². The van der Waals surface area contributed by atoms with Gasteiger partial charge in [0, 0.05) is 6.20 Å². The van der Waals surface area contributed by atoms with Crippen LogP contribution in [0.5, 0.6) is 0 Å². The summed E-state index contributed by atoms with van der Waals surface area (Å²) >= 11 is 3.26. The number of benzene rings is 1. The van der Waals surface area contributed by atoms with Crippen LogP contribution in [0.1, 0.15) is 40.4 Å². The van der Waals surface area contributed by atoms with E-state index in [9.17, 15) is 4.79 Å². The molecule has 1 aliphatic carbocycles. The lowest BCUT2D eigenvalue weighted by Crippen LogP contribution is -2.17. The van der Waals surface area contributed by atoms with Crippen LogP contribution in [0.15, 0.2) is 47.2 Å². The molecule has 0 radical (unpaired) electrons. The molecule has 0 bridgehead atoms. The molecule has 1 aromatic heterocycles. The van der Waals surface area contributed by atoms with E-state index in [0.29, 0.717) is 10.2 Å². The first-order chi connectivity index (χ1) is 9.74. The van der Waals surface area contributed by atoms with Crippen LogP contribution >= 0.6 is 15.9 Å². The molecule has 2 aromatic rings. The van der Waals surface area contributed by atoms with Gasteiger partial charge in [-0.1, -0.05) is 24.3 Å². The van der Waals surface area contributed by atoms with Gasteiger partial charge in [-0.25, -0.2) is 9.78 Å². The van der Waals surface area contributed by atoms with Gasteiger partial charge in [0.25, 0.3) is 0 Å². The zero-order valence-electron chi connectivity index (χ0n) is 10.9. The van der Waals surface area contributed by atoms with Gasteiger partial charge in [0.15, 0.2) is 0 Å². The Bertz CT molecular complexity index is 642. The van der Waals surface area contributed by atoms with Crippen LogP contribution < -0.4 is 0 Å². The predicted octanol–water partition coefficient (Wildman–Crippen LogP) is 4.08. The third-order valence-electron chi connectivity index (χ3n) is 3.53. The smallest absolute Gasteiger partial charge is 0.338 e. The van der Waals surface area contributed by atoms with Gasteiger partial charge in [0.2, 0.25) is 0 Å². The molecule has 0 amide bonds. The molecule has 1 unspecified atom stereocenters. The molecule has 1 heterocycles. The summed E-state index contributed by atoms with van der Waals surface area (Å²) in [5.74, 6) is -0.296. The molecule has 1 aliphatic rings. The Morgan fingerprint density at radius 3 is 3.00 bits per heavy atom. The average molecular weight is 332 g/mol. The Hall–Kier alpha value is -1.68. The fourth-order valence-electron chi connectivity index (χ4n) is 2.56. The number of halogens is 1. The molecule has 0 aliphatic heterocycles. The number of pyridine rings is 1. The van der Waals surface area contributed by atoms with Crippen molar-refractivity contribution in [2.24, 2.45) is 0 Å². The average Bonchev–Trinajstić information content (AvgIpc) is 2.47. The maximum Gasteiger partial charge on any atom is 0.338 e. The summed E-state index contributed by atoms with van der Waals surface area (Å²) in [4.78, 5) is 16.2. The van der Waals surface area contributed by atoms with Crippen molar-refractivity contribution < 1.29 is 9.53 Å². The van der Waals surface area contributed by atoms with Gasteiger partial charge in [-0.15, -0.1) is 0 Å². The topological polar surface area (TPSA) is 39.2 Å². The Kier molecular flexibility index (Phi) is 3.83. The molecule has 4 heteroatoms. The van der Waals surface area contributed by atoms with Gasteiger partial charge >= 0.3 is 5.97 Å². The van der Waals surface area contributed by atoms with E-state index < -0.39 is 0 Å². The van der Waals surface area contributed by atoms with Crippen molar-refractivity contribution in [3.8, 4) is 0 Å². The van der Waals surface area contributed by atoms with Crippen molar-refractivity contribution >= 4 is 21.9 Å². The molecule has 3 nitrogen and oxygen atoms in total. The number of esters is 1. The van der Waals surface area contributed by atoms with Crippen LogP contribution in [0.3, 0.4) is 0 Å². The van der Waals surface area contributed by atoms with Gasteiger partial charge in [0.05, 0.1) is 5.56 Å². The lowest BCUT2D eigenvalue weighted by Gasteiger charge is -2.25. The Balaban J connectivity index is 1.81. The third kappa shape index (κ3) is 2.75. The second-order valence-corrected chi connectivity index (χ2v) is 5.66. The molecule has 1 atom stereocenters. The largest absolute Gasteiger partial charge is 0.454 e. The van der Waals surface area contributed by atoms with Crippen molar-refractivity contribution in [3.05, 3.63) is 63.9 Å². The molecule has 0 fully saturated rings. The second kappa shape index (κ2) is 5.75. The van der Waals surface area contributed by atoms with Crippen molar-refractivity contribution in [3.63, 3.8) is 0 Å². The van der Waals surface area contributed by atoms with E-state index in [4.69, 9.17) is 4.74 Å². The molecule has 20 heavy (non-hydrogen) atoms. The Morgan fingerprint density at radius 1 is 1.30 bits per heavy atom. The maximum absolute atomic E-state index is 12.2. The number of aryl methyl sites for hydroxylation is 1. The van der Waals surface area contributed by atoms with Gasteiger partial charge in [-0.3, -0.25) is 0 Å². The van der Waals surface area contributed by atoms with Gasteiger partial charge in [-0.05, 0) is 58.5 Å². The predicted molar refractivity (Wildman–Crippen MR) is 79.5 cm³/mol. The highest BCUT2D eigenvalue weighted by molar-refractivity contribution is 9.10. The van der Waals surface area contributed by atoms with Crippen molar-refractivity contribution in [2.75, 3.05) is 0 Å². The summed E-state index contributed by atoms with van der Waals surface area (Å²) in [6, 6.07) is 11.5. The summed E-state index contributed by atoms with van der Waals surface area (Å²) < 4.78 is 6.31. The number of rotatable bonds is 2. The minimum absolute atomic E-state index is 0.139. The van der Waals surface area contributed by atoms with Crippen LogP contribution in [-0.2, 0) is 11.2 Å². The summed E-state index contributed by atoms with van der Waals surface area (Å²) in [5.41, 5.74) is 2.95. The number of aromatic nitrogens is 1. The van der Waals surface area contributed by atoms with E-state index in [1.807, 2.05) is 12.1 Å². The first-order valence-electron chi connectivity index (χ1n) is 6.64. The number of ether oxygens (including phenoxy) is 1. The Morgan fingerprint density at radius 2 is 2.15 bits per heavy atom. The third-order valence-corrected chi connectivity index (χ3v) is 3.96. The number of hydrogen-bond donors (Lipinski definition) is 0. The summed E-state index contributed by atoms with van der Waals surface area (Å²) in [6.07, 6.45) is 4.45. The van der Waals surface area contributed by atoms with E-state index >= 15 is 0 Å². The molecule has 0 spiro atoms. The van der Waals surface area contributed by atoms with E-state index in [1.165, 1.54) is 5.56 Å². The second-order valence-electron chi connectivity index (χ2n) is 4.85. The minimum atomic E-state index is -0.296. The van der Waals surface area contributed by atoms with Crippen LogP contribution in [0.2, 0.25) is 0 Å². The lowest BCUT2D eigenvalue weighted by atomic mass is 9.89. The molecule has 0 saturated carbocycles. The summed E-state index contributed by atoms with van der Waals surface area (Å²) in [6.45, 7) is 0. The fraction of sp³-hybridized carbons (Fsp3) is 0.250. The van der Waals surface area contributed by atoms with E-state index in [0.717, 1.165) is 24.8 Å². The first kappa shape index (κ1) is 13.3. The highest BCUT2D eigenvalue weighted by atomic mass is 79.9. The van der Waals surface area contributed by atoms with Crippen molar-refractivity contribution in [2.45, 2.75) is 25.4 Å². The van der Waals surface area contributed by atoms with Crippen LogP contribution in [-0.4, -0.2) is 11.0 Å². The number of nitrogens with zero attached hydrogens (tertiary/aromatic N) is 1. The molecular weight excluding hydrogens is 318 g/mol. The van der Waals surface area contributed by atoms with Gasteiger partial charge in [-0.2, -0.15) is 0 Å². The van der Waals surface area contributed by atoms with Gasteiger partial charge < -0.3 is 4.74 Å². The number of fused-ring (bicyclic) bond motifs is 1. The zero-order chi connectivity index (χ0) is 13.9. The minimum Gasteiger partial charge on any atom is -0.454 e. The van der Waals surface area contributed by atoms with E-state index in [1.54, 1.807) is 18.3 Å². The number of carbonyl (C=O) groups is 1. The fourth-order valence-corrected chi connectivity index (χ4v) is 2.92. The van der Waals surface area contributed by atoms with Gasteiger partial charge in [0.1, 0.15) is 10.7 Å². The SMILES string of the molecule is O=C(OC1CCCc2ccccc21)c1ccnc(Br)c1. The zero-order valence-corrected chi connectivity index (χ0v) is 12.5. The molecule has 3 rings (SSSR count). The molecule has 0 N–H and O–H groups in total. The van der Waals surface area contributed by atoms with Crippen LogP contribution in [0, 0.1) is 0 Å². The Labute approximate surface area is 126 Å². The molecule has 102 valence electrons. The monoisotopic (exact) mass is 331 g/mol. The number of carbonyl (C=O) groups excluding carboxylic acids is 1. The molecule has 1 aromatic carbocycles. The summed E-state index contributed by atoms with van der Waals surface area (Å²) in [5, 5.41) is 0. The maximum atomic E-state index is 12.2. The molecular formula is C16H14BrNO2. The van der Waals surface area contributed by atoms with E-state index in [2.05, 4.69) is 33.0 Å². The lowest BCUT2D eigenvalue weighted by molar-refractivity contribution is 0.0256. The quantitative estimate of drug-likeness (QED) is 0.614. The highest BCUT2D eigenvalue weighted by Crippen LogP contribution is 2.32. The van der Waals surface area contributed by atoms with E-state index in [-0.39, 0.29) is 12.1 Å². The molecule has 0 saturated heterocycles. The number of hydrogen-bond acceptors (Lipinski definition) is 3. The normalized spacial score (nSPS) is 17.4. The van der Waals surface area contributed by atoms with Crippen molar-refractivity contribution in [1.29, 1.82) is 0 Å². The van der Waals surface area contributed by atoms with Crippen molar-refractivity contribution in [1.82, 2.24) is 4.98 Å². The summed E-state index contributed by atoms with van der Waals surface area (Å²) in [7, 11) is 0. The standard InChI is InChI=1S/C16H14BrNO2/c17-15-10-12(8-9-18-15)16(19)20-14-7-3-5-11-4-1-2-6-13(11)14/h1-2,4,6,8-10,14H,3,5,7H2. The highest BCUT2D eigenvalue weighted by Gasteiger charge is 2.23.